The molecule has 4 nitrogen and oxygen atoms in total. The van der Waals surface area contributed by atoms with Crippen LogP contribution in [0.1, 0.15) is 26.7 Å². The Hall–Kier alpha value is -0.610. The van der Waals surface area contributed by atoms with Crippen molar-refractivity contribution in [1.82, 2.24) is 5.32 Å². The second-order valence-electron chi connectivity index (χ2n) is 4.52. The van der Waals surface area contributed by atoms with E-state index in [0.29, 0.717) is 5.92 Å². The summed E-state index contributed by atoms with van der Waals surface area (Å²) in [4.78, 5) is 10.9. The first-order chi connectivity index (χ1) is 7.11. The van der Waals surface area contributed by atoms with E-state index >= 15 is 0 Å². The minimum absolute atomic E-state index is 0.127. The average molecular weight is 215 g/mol. The number of carboxylic acids is 1. The summed E-state index contributed by atoms with van der Waals surface area (Å²) < 4.78 is 5.26. The van der Waals surface area contributed by atoms with Gasteiger partial charge in [-0.25, -0.2) is 0 Å². The van der Waals surface area contributed by atoms with Gasteiger partial charge in [-0.05, 0) is 31.2 Å². The molecule has 0 aromatic heterocycles. The quantitative estimate of drug-likeness (QED) is 0.721. The lowest BCUT2D eigenvalue weighted by Crippen LogP contribution is -2.43. The van der Waals surface area contributed by atoms with E-state index in [2.05, 4.69) is 5.32 Å². The van der Waals surface area contributed by atoms with Gasteiger partial charge in [-0.1, -0.05) is 13.8 Å². The monoisotopic (exact) mass is 215 g/mol. The van der Waals surface area contributed by atoms with Crippen molar-refractivity contribution in [2.24, 2.45) is 11.8 Å². The minimum Gasteiger partial charge on any atom is -0.480 e. The maximum Gasteiger partial charge on any atom is 0.320 e. The van der Waals surface area contributed by atoms with Gasteiger partial charge in [0.1, 0.15) is 6.04 Å². The van der Waals surface area contributed by atoms with Gasteiger partial charge in [0.15, 0.2) is 0 Å². The zero-order valence-electron chi connectivity index (χ0n) is 9.53. The van der Waals surface area contributed by atoms with Crippen molar-refractivity contribution >= 4 is 5.97 Å². The summed E-state index contributed by atoms with van der Waals surface area (Å²) in [5.74, 6) is -0.0567. The van der Waals surface area contributed by atoms with Gasteiger partial charge in [0.25, 0.3) is 0 Å². The smallest absolute Gasteiger partial charge is 0.320 e. The molecule has 1 rings (SSSR count). The first-order valence-electron chi connectivity index (χ1n) is 5.65. The maximum absolute atomic E-state index is 10.9. The van der Waals surface area contributed by atoms with E-state index < -0.39 is 12.0 Å². The lowest BCUT2D eigenvalue weighted by molar-refractivity contribution is -0.140. The van der Waals surface area contributed by atoms with Crippen LogP contribution >= 0.6 is 0 Å². The van der Waals surface area contributed by atoms with Crippen molar-refractivity contribution in [3.63, 3.8) is 0 Å². The first kappa shape index (κ1) is 12.5. The topological polar surface area (TPSA) is 58.6 Å². The largest absolute Gasteiger partial charge is 0.480 e. The van der Waals surface area contributed by atoms with E-state index in [4.69, 9.17) is 9.84 Å². The molecule has 1 atom stereocenters. The van der Waals surface area contributed by atoms with Gasteiger partial charge in [0.05, 0.1) is 0 Å². The van der Waals surface area contributed by atoms with Crippen molar-refractivity contribution < 1.29 is 14.6 Å². The summed E-state index contributed by atoms with van der Waals surface area (Å²) in [6.07, 6.45) is 2.08. The molecule has 1 heterocycles. The molecule has 1 fully saturated rings. The number of ether oxygens (including phenoxy) is 1. The number of carboxylic acid groups (broad SMARTS) is 1. The van der Waals surface area contributed by atoms with Crippen LogP contribution in [0.25, 0.3) is 0 Å². The average Bonchev–Trinajstić information content (AvgIpc) is 2.18. The third-order valence-electron chi connectivity index (χ3n) is 2.90. The molecule has 1 aliphatic rings. The molecular formula is C11H21NO3. The van der Waals surface area contributed by atoms with Crippen LogP contribution in [0.2, 0.25) is 0 Å². The molecule has 0 aromatic carbocycles. The number of nitrogens with one attached hydrogen (secondary N) is 1. The molecule has 4 heteroatoms. The first-order valence-corrected chi connectivity index (χ1v) is 5.65. The van der Waals surface area contributed by atoms with Crippen LogP contribution in [0.5, 0.6) is 0 Å². The Morgan fingerprint density at radius 3 is 2.53 bits per heavy atom. The zero-order chi connectivity index (χ0) is 11.3. The molecule has 0 aliphatic carbocycles. The predicted molar refractivity (Wildman–Crippen MR) is 57.8 cm³/mol. The zero-order valence-corrected chi connectivity index (χ0v) is 9.53. The van der Waals surface area contributed by atoms with Crippen LogP contribution in [0, 0.1) is 11.8 Å². The molecule has 0 radical (unpaired) electrons. The Kier molecular flexibility index (Phi) is 5.05. The fraction of sp³-hybridized carbons (Fsp3) is 0.909. The lowest BCUT2D eigenvalue weighted by atomic mass is 9.98. The highest BCUT2D eigenvalue weighted by molar-refractivity contribution is 5.73. The van der Waals surface area contributed by atoms with E-state index in [9.17, 15) is 4.79 Å². The molecular weight excluding hydrogens is 194 g/mol. The molecule has 0 saturated carbocycles. The van der Waals surface area contributed by atoms with Crippen molar-refractivity contribution in [3.8, 4) is 0 Å². The number of carbonyl (C=O) groups is 1. The van der Waals surface area contributed by atoms with Crippen LogP contribution in [-0.4, -0.2) is 36.9 Å². The van der Waals surface area contributed by atoms with Crippen molar-refractivity contribution in [1.29, 1.82) is 0 Å². The molecule has 1 saturated heterocycles. The molecule has 1 aliphatic heterocycles. The molecule has 0 unspecified atom stereocenters. The molecule has 2 N–H and O–H groups in total. The van der Waals surface area contributed by atoms with Crippen LogP contribution in [-0.2, 0) is 9.53 Å². The van der Waals surface area contributed by atoms with Crippen LogP contribution in [0.4, 0.5) is 0 Å². The van der Waals surface area contributed by atoms with Crippen LogP contribution in [0.3, 0.4) is 0 Å². The minimum atomic E-state index is -0.753. The Morgan fingerprint density at radius 1 is 1.47 bits per heavy atom. The van der Waals surface area contributed by atoms with Gasteiger partial charge in [0.2, 0.25) is 0 Å². The highest BCUT2D eigenvalue weighted by Crippen LogP contribution is 2.14. The lowest BCUT2D eigenvalue weighted by Gasteiger charge is -2.25. The van der Waals surface area contributed by atoms with Crippen molar-refractivity contribution in [2.75, 3.05) is 19.8 Å². The van der Waals surface area contributed by atoms with E-state index in [1.54, 1.807) is 0 Å². The summed E-state index contributed by atoms with van der Waals surface area (Å²) >= 11 is 0. The second-order valence-corrected chi connectivity index (χ2v) is 4.52. The molecule has 15 heavy (non-hydrogen) atoms. The summed E-state index contributed by atoms with van der Waals surface area (Å²) in [7, 11) is 0. The van der Waals surface area contributed by atoms with Gasteiger partial charge in [0, 0.05) is 13.2 Å². The maximum atomic E-state index is 10.9. The Bertz CT molecular complexity index is 200. The van der Waals surface area contributed by atoms with Gasteiger partial charge in [-0.2, -0.15) is 0 Å². The Balaban J connectivity index is 2.29. The van der Waals surface area contributed by atoms with E-state index in [1.165, 1.54) is 0 Å². The summed E-state index contributed by atoms with van der Waals surface area (Å²) in [6, 6.07) is -0.423. The normalized spacial score (nSPS) is 20.5. The van der Waals surface area contributed by atoms with E-state index in [1.807, 2.05) is 13.8 Å². The van der Waals surface area contributed by atoms with E-state index in [0.717, 1.165) is 32.6 Å². The number of hydrogen-bond acceptors (Lipinski definition) is 3. The Morgan fingerprint density at radius 2 is 2.07 bits per heavy atom. The highest BCUT2D eigenvalue weighted by Gasteiger charge is 2.22. The number of rotatable bonds is 5. The number of hydrogen-bond donors (Lipinski definition) is 2. The predicted octanol–water partition coefficient (Wildman–Crippen LogP) is 1.11. The third-order valence-corrected chi connectivity index (χ3v) is 2.90. The fourth-order valence-electron chi connectivity index (χ4n) is 1.85. The second kappa shape index (κ2) is 6.08. The van der Waals surface area contributed by atoms with Gasteiger partial charge in [-0.15, -0.1) is 0 Å². The molecule has 88 valence electrons. The van der Waals surface area contributed by atoms with Gasteiger partial charge >= 0.3 is 5.97 Å². The molecule has 0 bridgehead atoms. The summed E-state index contributed by atoms with van der Waals surface area (Å²) in [5, 5.41) is 12.1. The van der Waals surface area contributed by atoms with Crippen molar-refractivity contribution in [3.05, 3.63) is 0 Å². The standard InChI is InChI=1S/C11H21NO3/c1-8(2)10(11(13)14)12-7-9-3-5-15-6-4-9/h8-10,12H,3-7H2,1-2H3,(H,13,14)/t10-/m0/s1. The Labute approximate surface area is 91.0 Å². The highest BCUT2D eigenvalue weighted by atomic mass is 16.5. The molecule has 0 amide bonds. The van der Waals surface area contributed by atoms with Gasteiger partial charge < -0.3 is 15.2 Å². The van der Waals surface area contributed by atoms with Crippen LogP contribution < -0.4 is 5.32 Å². The van der Waals surface area contributed by atoms with Crippen LogP contribution in [0.15, 0.2) is 0 Å². The summed E-state index contributed by atoms with van der Waals surface area (Å²) in [5.41, 5.74) is 0. The van der Waals surface area contributed by atoms with E-state index in [-0.39, 0.29) is 5.92 Å². The summed E-state index contributed by atoms with van der Waals surface area (Å²) in [6.45, 7) is 6.27. The number of aliphatic carboxylic acids is 1. The molecule has 0 spiro atoms. The van der Waals surface area contributed by atoms with Crippen molar-refractivity contribution in [2.45, 2.75) is 32.7 Å². The fourth-order valence-corrected chi connectivity index (χ4v) is 1.85. The van der Waals surface area contributed by atoms with Gasteiger partial charge in [-0.3, -0.25) is 4.79 Å². The third kappa shape index (κ3) is 4.18. The molecule has 0 aromatic rings. The SMILES string of the molecule is CC(C)[C@H](NCC1CCOCC1)C(=O)O.